The highest BCUT2D eigenvalue weighted by Crippen LogP contribution is 2.33. The normalized spacial score (nSPS) is 15.1. The van der Waals surface area contributed by atoms with Crippen LogP contribution in [0.3, 0.4) is 0 Å². The number of pyridine rings is 2. The van der Waals surface area contributed by atoms with E-state index in [1.807, 2.05) is 22.7 Å². The van der Waals surface area contributed by atoms with Gasteiger partial charge in [0.05, 0.1) is 38.3 Å². The number of alkyl halides is 3. The van der Waals surface area contributed by atoms with Crippen molar-refractivity contribution in [2.75, 3.05) is 20.3 Å². The molecule has 3 aromatic rings. The lowest BCUT2D eigenvalue weighted by molar-refractivity contribution is -0.135. The van der Waals surface area contributed by atoms with E-state index in [4.69, 9.17) is 9.47 Å². The minimum absolute atomic E-state index is 0.0401. The second kappa shape index (κ2) is 8.83. The van der Waals surface area contributed by atoms with Gasteiger partial charge in [0.15, 0.2) is 5.78 Å². The van der Waals surface area contributed by atoms with Crippen molar-refractivity contribution in [3.8, 4) is 23.1 Å². The lowest BCUT2D eigenvalue weighted by Gasteiger charge is -2.35. The third-order valence-electron chi connectivity index (χ3n) is 5.72. The van der Waals surface area contributed by atoms with Crippen LogP contribution in [0.2, 0.25) is 0 Å². The van der Waals surface area contributed by atoms with Crippen molar-refractivity contribution in [2.24, 2.45) is 0 Å². The Balaban J connectivity index is 1.55. The van der Waals surface area contributed by atoms with E-state index in [2.05, 4.69) is 16.0 Å². The van der Waals surface area contributed by atoms with Crippen LogP contribution in [0.15, 0.2) is 36.8 Å². The molecule has 1 aliphatic heterocycles. The van der Waals surface area contributed by atoms with Crippen molar-refractivity contribution < 1.29 is 27.4 Å². The van der Waals surface area contributed by atoms with Crippen LogP contribution in [0.25, 0.3) is 16.9 Å². The zero-order chi connectivity index (χ0) is 23.6. The monoisotopic (exact) mass is 458 g/mol. The third kappa shape index (κ3) is 4.54. The van der Waals surface area contributed by atoms with Crippen molar-refractivity contribution in [1.29, 1.82) is 5.26 Å². The van der Waals surface area contributed by atoms with Crippen LogP contribution in [0.4, 0.5) is 13.2 Å². The smallest absolute Gasteiger partial charge is 0.389 e. The number of fused-ring (bicyclic) bond motifs is 1. The molecule has 0 amide bonds. The number of Topliss-reactive ketones (excluding diaryl/α,β-unsaturated/α-hetero) is 1. The molecular formula is C23H21F3N4O3. The molecule has 0 radical (unpaired) electrons. The number of methoxy groups -OCH3 is 1. The fourth-order valence-electron chi connectivity index (χ4n) is 3.77. The van der Waals surface area contributed by atoms with E-state index in [1.54, 1.807) is 12.3 Å². The molecule has 0 aliphatic carbocycles. The van der Waals surface area contributed by atoms with E-state index in [1.165, 1.54) is 13.3 Å². The predicted octanol–water partition coefficient (Wildman–Crippen LogP) is 4.50. The van der Waals surface area contributed by atoms with Crippen LogP contribution >= 0.6 is 0 Å². The van der Waals surface area contributed by atoms with Crippen LogP contribution in [0.1, 0.15) is 41.7 Å². The van der Waals surface area contributed by atoms with Gasteiger partial charge in [0.25, 0.3) is 0 Å². The number of imidazole rings is 1. The first-order valence-electron chi connectivity index (χ1n) is 10.4. The van der Waals surface area contributed by atoms with Gasteiger partial charge in [-0.1, -0.05) is 0 Å². The summed E-state index contributed by atoms with van der Waals surface area (Å²) in [7, 11) is 1.41. The molecule has 0 atom stereocenters. The van der Waals surface area contributed by atoms with Crippen LogP contribution in [-0.2, 0) is 10.2 Å². The predicted molar refractivity (Wildman–Crippen MR) is 112 cm³/mol. The number of halogens is 3. The molecule has 0 saturated carbocycles. The number of carbonyl (C=O) groups excluding carboxylic acids is 1. The molecule has 1 saturated heterocycles. The van der Waals surface area contributed by atoms with Gasteiger partial charge < -0.3 is 9.47 Å². The Morgan fingerprint density at radius 1 is 1.27 bits per heavy atom. The molecule has 0 aromatic carbocycles. The molecule has 3 aromatic heterocycles. The summed E-state index contributed by atoms with van der Waals surface area (Å²) in [6, 6.07) is 7.67. The number of nitrogens with zero attached hydrogens (tertiary/aromatic N) is 4. The summed E-state index contributed by atoms with van der Waals surface area (Å²) in [5.41, 5.74) is 2.28. The summed E-state index contributed by atoms with van der Waals surface area (Å²) in [4.78, 5) is 21.1. The van der Waals surface area contributed by atoms with E-state index < -0.39 is 18.0 Å². The van der Waals surface area contributed by atoms with E-state index in [0.717, 1.165) is 5.56 Å². The summed E-state index contributed by atoms with van der Waals surface area (Å²) in [5.74, 6) is -0.122. The summed E-state index contributed by atoms with van der Waals surface area (Å²) >= 11 is 0. The quantitative estimate of drug-likeness (QED) is 0.365. The zero-order valence-corrected chi connectivity index (χ0v) is 17.9. The van der Waals surface area contributed by atoms with Crippen molar-refractivity contribution in [3.05, 3.63) is 48.0 Å². The fourth-order valence-corrected chi connectivity index (χ4v) is 3.77. The molecule has 1 fully saturated rings. The van der Waals surface area contributed by atoms with E-state index >= 15 is 0 Å². The highest BCUT2D eigenvalue weighted by Gasteiger charge is 2.41. The van der Waals surface area contributed by atoms with E-state index in [0.29, 0.717) is 30.1 Å². The first-order valence-corrected chi connectivity index (χ1v) is 10.4. The van der Waals surface area contributed by atoms with Gasteiger partial charge in [-0.05, 0) is 36.6 Å². The Hall–Kier alpha value is -3.45. The average Bonchev–Trinajstić information content (AvgIpc) is 3.18. The Bertz CT molecular complexity index is 1230. The molecule has 0 bridgehead atoms. The van der Waals surface area contributed by atoms with Crippen molar-refractivity contribution >= 4 is 11.4 Å². The maximum absolute atomic E-state index is 12.5. The fraction of sp³-hybridized carbons (Fsp3) is 0.391. The minimum atomic E-state index is -4.23. The average molecular weight is 458 g/mol. The standard InChI is InChI=1S/C23H21F3N4O3/c1-32-19-8-15(10-29-21(19)18(31)4-2-3-6-23(24,25)26)17-11-28-20-9-16(5-7-30(17)20)22(12-27)13-33-14-22/h5,7-11H,2-4,6,13-14H2,1H3. The molecule has 172 valence electrons. The summed E-state index contributed by atoms with van der Waals surface area (Å²) < 4.78 is 49.3. The molecule has 0 unspecified atom stereocenters. The molecule has 4 rings (SSSR count). The second-order valence-electron chi connectivity index (χ2n) is 7.99. The molecule has 0 spiro atoms. The molecule has 1 aliphatic rings. The number of rotatable bonds is 8. The SMILES string of the molecule is COc1cc(-c2cnc3cc(C4(C#N)COC4)ccn23)cnc1C(=O)CCCCC(F)(F)F. The second-order valence-corrected chi connectivity index (χ2v) is 7.99. The van der Waals surface area contributed by atoms with Crippen LogP contribution in [0.5, 0.6) is 5.75 Å². The number of nitriles is 1. The molecule has 10 heteroatoms. The molecule has 4 heterocycles. The highest BCUT2D eigenvalue weighted by atomic mass is 19.4. The van der Waals surface area contributed by atoms with Gasteiger partial charge in [-0.2, -0.15) is 18.4 Å². The molecule has 33 heavy (non-hydrogen) atoms. The Labute approximate surface area is 187 Å². The van der Waals surface area contributed by atoms with Gasteiger partial charge in [0.1, 0.15) is 22.5 Å². The maximum Gasteiger partial charge on any atom is 0.389 e. The summed E-state index contributed by atoms with van der Waals surface area (Å²) in [6.07, 6.45) is -0.186. The Kier molecular flexibility index (Phi) is 6.08. The van der Waals surface area contributed by atoms with Gasteiger partial charge in [-0.25, -0.2) is 9.97 Å². The van der Waals surface area contributed by atoms with E-state index in [-0.39, 0.29) is 36.5 Å². The van der Waals surface area contributed by atoms with Crippen molar-refractivity contribution in [1.82, 2.24) is 14.4 Å². The number of ketones is 1. The highest BCUT2D eigenvalue weighted by molar-refractivity contribution is 5.97. The van der Waals surface area contributed by atoms with Gasteiger partial charge in [0, 0.05) is 30.8 Å². The number of unbranched alkanes of at least 4 members (excludes halogenated alkanes) is 1. The number of aromatic nitrogens is 3. The minimum Gasteiger partial charge on any atom is -0.494 e. The first-order chi connectivity index (χ1) is 15.8. The van der Waals surface area contributed by atoms with Gasteiger partial charge >= 0.3 is 6.18 Å². The lowest BCUT2D eigenvalue weighted by Crippen LogP contribution is -2.45. The summed E-state index contributed by atoms with van der Waals surface area (Å²) in [5, 5.41) is 9.52. The largest absolute Gasteiger partial charge is 0.494 e. The number of hydrogen-bond acceptors (Lipinski definition) is 6. The van der Waals surface area contributed by atoms with Gasteiger partial charge in [-0.3, -0.25) is 9.20 Å². The summed E-state index contributed by atoms with van der Waals surface area (Å²) in [6.45, 7) is 0.695. The zero-order valence-electron chi connectivity index (χ0n) is 17.9. The first kappa shape index (κ1) is 22.7. The molecule has 0 N–H and O–H groups in total. The third-order valence-corrected chi connectivity index (χ3v) is 5.72. The van der Waals surface area contributed by atoms with Gasteiger partial charge in [-0.15, -0.1) is 0 Å². The maximum atomic E-state index is 12.5. The van der Waals surface area contributed by atoms with Gasteiger partial charge in [0.2, 0.25) is 0 Å². The number of carbonyl (C=O) groups is 1. The van der Waals surface area contributed by atoms with Crippen molar-refractivity contribution in [3.63, 3.8) is 0 Å². The van der Waals surface area contributed by atoms with Crippen LogP contribution in [0, 0.1) is 11.3 Å². The molecular weight excluding hydrogens is 437 g/mol. The Morgan fingerprint density at radius 3 is 2.70 bits per heavy atom. The lowest BCUT2D eigenvalue weighted by atomic mass is 9.81. The number of hydrogen-bond donors (Lipinski definition) is 0. The topological polar surface area (TPSA) is 89.5 Å². The Morgan fingerprint density at radius 2 is 2.06 bits per heavy atom. The van der Waals surface area contributed by atoms with Crippen molar-refractivity contribution in [2.45, 2.75) is 37.3 Å². The van der Waals surface area contributed by atoms with E-state index in [9.17, 15) is 23.2 Å². The van der Waals surface area contributed by atoms with Crippen LogP contribution < -0.4 is 4.74 Å². The van der Waals surface area contributed by atoms with Crippen LogP contribution in [-0.4, -0.2) is 46.7 Å². The molecule has 7 nitrogen and oxygen atoms in total. The number of ether oxygens (including phenoxy) is 2.